The van der Waals surface area contributed by atoms with Gasteiger partial charge in [0.25, 0.3) is 0 Å². The Morgan fingerprint density at radius 3 is 2.54 bits per heavy atom. The number of hydrogen-bond donors (Lipinski definition) is 2. The Morgan fingerprint density at radius 1 is 1.21 bits per heavy atom. The normalized spacial score (nSPS) is 28.3. The fourth-order valence-corrected chi connectivity index (χ4v) is 3.74. The molecule has 6 nitrogen and oxygen atoms in total. The predicted molar refractivity (Wildman–Crippen MR) is 89.1 cm³/mol. The molecule has 1 aromatic carbocycles. The Morgan fingerprint density at radius 2 is 1.92 bits per heavy atom. The smallest absolute Gasteiger partial charge is 0.246 e. The van der Waals surface area contributed by atoms with Gasteiger partial charge in [0.05, 0.1) is 0 Å². The van der Waals surface area contributed by atoms with Crippen LogP contribution in [-0.2, 0) is 14.4 Å². The molecule has 2 fully saturated rings. The van der Waals surface area contributed by atoms with Crippen molar-refractivity contribution in [2.45, 2.75) is 43.7 Å². The zero-order valence-corrected chi connectivity index (χ0v) is 14.0. The van der Waals surface area contributed by atoms with Gasteiger partial charge >= 0.3 is 0 Å². The number of carbonyl (C=O) groups excluding carboxylic acids is 3. The first-order valence-corrected chi connectivity index (χ1v) is 8.36. The summed E-state index contributed by atoms with van der Waals surface area (Å²) in [4.78, 5) is 38.4. The van der Waals surface area contributed by atoms with Crippen LogP contribution in [0.1, 0.15) is 37.7 Å². The highest BCUT2D eigenvalue weighted by Gasteiger charge is 2.62. The highest BCUT2D eigenvalue weighted by molar-refractivity contribution is 5.98. The second-order valence-corrected chi connectivity index (χ2v) is 6.58. The van der Waals surface area contributed by atoms with Gasteiger partial charge in [-0.05, 0) is 24.8 Å². The van der Waals surface area contributed by atoms with Crippen molar-refractivity contribution >= 4 is 17.7 Å². The molecule has 1 saturated carbocycles. The van der Waals surface area contributed by atoms with Gasteiger partial charge < -0.3 is 15.5 Å². The first-order chi connectivity index (χ1) is 11.5. The van der Waals surface area contributed by atoms with Crippen LogP contribution in [0.25, 0.3) is 0 Å². The Bertz CT molecular complexity index is 661. The van der Waals surface area contributed by atoms with E-state index in [-0.39, 0.29) is 23.6 Å². The van der Waals surface area contributed by atoms with E-state index in [1.54, 1.807) is 11.9 Å². The quantitative estimate of drug-likeness (QED) is 0.857. The molecule has 0 unspecified atom stereocenters. The number of likely N-dealkylation sites (N-methyl/N-ethyl adjacent to an activating group) is 1. The molecule has 24 heavy (non-hydrogen) atoms. The number of carbonyl (C=O) groups is 3. The number of benzene rings is 1. The summed E-state index contributed by atoms with van der Waals surface area (Å²) in [6, 6.07) is 9.26. The standard InChI is InChI=1S/C18H23N3O3/c1-12(22)21-10-6-9-15(21)16(23)20-18(17(24)19-2)11-14(18)13-7-4-3-5-8-13/h3-5,7-8,14-15H,6,9-11H2,1-2H3,(H,19,24)(H,20,23)/t14-,15-,18-/m0/s1. The van der Waals surface area contributed by atoms with Crippen LogP contribution in [0.3, 0.4) is 0 Å². The summed E-state index contributed by atoms with van der Waals surface area (Å²) in [5.41, 5.74) is 0.134. The molecular weight excluding hydrogens is 306 g/mol. The number of rotatable bonds is 4. The number of amides is 3. The lowest BCUT2D eigenvalue weighted by atomic mass is 10.0. The highest BCUT2D eigenvalue weighted by atomic mass is 16.2. The summed E-state index contributed by atoms with van der Waals surface area (Å²) >= 11 is 0. The molecule has 0 spiro atoms. The van der Waals surface area contributed by atoms with Gasteiger partial charge in [-0.1, -0.05) is 30.3 Å². The molecule has 3 rings (SSSR count). The largest absolute Gasteiger partial charge is 0.357 e. The SMILES string of the molecule is CNC(=O)[C@]1(NC(=O)[C@@H]2CCCN2C(C)=O)C[C@H]1c1ccccc1. The maximum absolute atomic E-state index is 12.7. The van der Waals surface area contributed by atoms with E-state index in [0.717, 1.165) is 12.0 Å². The minimum Gasteiger partial charge on any atom is -0.357 e. The number of hydrogen-bond acceptors (Lipinski definition) is 3. The average molecular weight is 329 g/mol. The van der Waals surface area contributed by atoms with Gasteiger partial charge in [-0.15, -0.1) is 0 Å². The first kappa shape index (κ1) is 16.5. The molecule has 0 aromatic heterocycles. The van der Waals surface area contributed by atoms with E-state index in [2.05, 4.69) is 10.6 Å². The predicted octanol–water partition coefficient (Wildman–Crippen LogP) is 0.786. The van der Waals surface area contributed by atoms with Crippen LogP contribution in [0.5, 0.6) is 0 Å². The Balaban J connectivity index is 1.78. The third kappa shape index (κ3) is 2.77. The molecule has 2 N–H and O–H groups in total. The van der Waals surface area contributed by atoms with Crippen LogP contribution in [0.4, 0.5) is 0 Å². The van der Waals surface area contributed by atoms with Gasteiger partial charge in [-0.25, -0.2) is 0 Å². The molecule has 1 saturated heterocycles. The van der Waals surface area contributed by atoms with Crippen LogP contribution >= 0.6 is 0 Å². The van der Waals surface area contributed by atoms with Crippen molar-refractivity contribution in [1.29, 1.82) is 0 Å². The summed E-state index contributed by atoms with van der Waals surface area (Å²) in [5, 5.41) is 5.61. The molecule has 128 valence electrons. The van der Waals surface area contributed by atoms with E-state index < -0.39 is 11.6 Å². The molecule has 0 radical (unpaired) electrons. The minimum absolute atomic E-state index is 0.0326. The van der Waals surface area contributed by atoms with Gasteiger partial charge in [0.15, 0.2) is 0 Å². The van der Waals surface area contributed by atoms with Crippen molar-refractivity contribution in [3.05, 3.63) is 35.9 Å². The topological polar surface area (TPSA) is 78.5 Å². The van der Waals surface area contributed by atoms with Gasteiger partial charge in [0, 0.05) is 26.4 Å². The molecule has 1 aromatic rings. The van der Waals surface area contributed by atoms with Crippen molar-refractivity contribution in [2.75, 3.05) is 13.6 Å². The second kappa shape index (κ2) is 6.26. The molecule has 1 aliphatic carbocycles. The van der Waals surface area contributed by atoms with Crippen LogP contribution in [0.15, 0.2) is 30.3 Å². The maximum Gasteiger partial charge on any atom is 0.246 e. The molecular formula is C18H23N3O3. The Kier molecular flexibility index (Phi) is 4.30. The van der Waals surface area contributed by atoms with E-state index in [1.165, 1.54) is 6.92 Å². The van der Waals surface area contributed by atoms with E-state index in [0.29, 0.717) is 19.4 Å². The summed E-state index contributed by atoms with van der Waals surface area (Å²) < 4.78 is 0. The van der Waals surface area contributed by atoms with Gasteiger partial charge in [0.2, 0.25) is 17.7 Å². The average Bonchev–Trinajstić information content (AvgIpc) is 3.08. The lowest BCUT2D eigenvalue weighted by Gasteiger charge is -2.26. The van der Waals surface area contributed by atoms with Crippen LogP contribution < -0.4 is 10.6 Å². The van der Waals surface area contributed by atoms with E-state index >= 15 is 0 Å². The van der Waals surface area contributed by atoms with Crippen molar-refractivity contribution < 1.29 is 14.4 Å². The van der Waals surface area contributed by atoms with Gasteiger partial charge in [0.1, 0.15) is 11.6 Å². The fourth-order valence-electron chi connectivity index (χ4n) is 3.74. The van der Waals surface area contributed by atoms with Crippen LogP contribution in [0.2, 0.25) is 0 Å². The fraction of sp³-hybridized carbons (Fsp3) is 0.500. The minimum atomic E-state index is -0.905. The Labute approximate surface area is 141 Å². The zero-order chi connectivity index (χ0) is 17.3. The summed E-state index contributed by atoms with van der Waals surface area (Å²) in [6.45, 7) is 2.08. The monoisotopic (exact) mass is 329 g/mol. The summed E-state index contributed by atoms with van der Waals surface area (Å²) in [5.74, 6) is -0.548. The molecule has 3 atom stereocenters. The van der Waals surface area contributed by atoms with Crippen molar-refractivity contribution in [1.82, 2.24) is 15.5 Å². The number of likely N-dealkylation sites (tertiary alicyclic amines) is 1. The molecule has 2 aliphatic rings. The summed E-state index contributed by atoms with van der Waals surface area (Å²) in [7, 11) is 1.58. The molecule has 6 heteroatoms. The molecule has 1 aliphatic heterocycles. The van der Waals surface area contributed by atoms with E-state index in [1.807, 2.05) is 30.3 Å². The van der Waals surface area contributed by atoms with Crippen LogP contribution in [-0.4, -0.2) is 47.8 Å². The van der Waals surface area contributed by atoms with Crippen LogP contribution in [0, 0.1) is 0 Å². The Hall–Kier alpha value is -2.37. The van der Waals surface area contributed by atoms with Crippen molar-refractivity contribution in [3.63, 3.8) is 0 Å². The summed E-state index contributed by atoms with van der Waals surface area (Å²) in [6.07, 6.45) is 2.03. The first-order valence-electron chi connectivity index (χ1n) is 8.36. The lowest BCUT2D eigenvalue weighted by Crippen LogP contribution is -2.54. The lowest BCUT2D eigenvalue weighted by molar-refractivity contribution is -0.138. The number of nitrogens with zero attached hydrogens (tertiary/aromatic N) is 1. The third-order valence-corrected chi connectivity index (χ3v) is 5.10. The van der Waals surface area contributed by atoms with E-state index in [9.17, 15) is 14.4 Å². The zero-order valence-electron chi connectivity index (χ0n) is 14.0. The van der Waals surface area contributed by atoms with Gasteiger partial charge in [-0.2, -0.15) is 0 Å². The second-order valence-electron chi connectivity index (χ2n) is 6.58. The van der Waals surface area contributed by atoms with Crippen molar-refractivity contribution in [3.8, 4) is 0 Å². The van der Waals surface area contributed by atoms with Crippen molar-refractivity contribution in [2.24, 2.45) is 0 Å². The molecule has 1 heterocycles. The highest BCUT2D eigenvalue weighted by Crippen LogP contribution is 2.51. The molecule has 0 bridgehead atoms. The van der Waals surface area contributed by atoms with Gasteiger partial charge in [-0.3, -0.25) is 14.4 Å². The third-order valence-electron chi connectivity index (χ3n) is 5.10. The number of nitrogens with one attached hydrogen (secondary N) is 2. The maximum atomic E-state index is 12.7. The van der Waals surface area contributed by atoms with E-state index in [4.69, 9.17) is 0 Å². The molecule has 3 amide bonds.